The van der Waals surface area contributed by atoms with Gasteiger partial charge >= 0.3 is 0 Å². The van der Waals surface area contributed by atoms with Crippen LogP contribution in [0.25, 0.3) is 0 Å². The Bertz CT molecular complexity index is 705. The molecule has 2 aromatic rings. The SMILES string of the molecule is O=C(NCCN1CCC[C@H](c2ccccc2)C1)c1cccn1C1CC1. The van der Waals surface area contributed by atoms with Crippen LogP contribution in [0.5, 0.6) is 0 Å². The van der Waals surface area contributed by atoms with Crippen LogP contribution in [-0.4, -0.2) is 41.6 Å². The minimum Gasteiger partial charge on any atom is -0.349 e. The van der Waals surface area contributed by atoms with Crippen LogP contribution < -0.4 is 5.32 Å². The molecule has 0 bridgehead atoms. The number of carbonyl (C=O) groups is 1. The van der Waals surface area contributed by atoms with E-state index in [9.17, 15) is 4.79 Å². The number of aromatic nitrogens is 1. The lowest BCUT2D eigenvalue weighted by atomic mass is 9.91. The molecule has 1 aliphatic carbocycles. The molecule has 1 aromatic heterocycles. The van der Waals surface area contributed by atoms with E-state index in [2.05, 4.69) is 45.1 Å². The summed E-state index contributed by atoms with van der Waals surface area (Å²) in [6.07, 6.45) is 6.93. The molecule has 1 saturated heterocycles. The summed E-state index contributed by atoms with van der Waals surface area (Å²) < 4.78 is 2.13. The van der Waals surface area contributed by atoms with Crippen LogP contribution in [0.4, 0.5) is 0 Å². The summed E-state index contributed by atoms with van der Waals surface area (Å²) in [4.78, 5) is 14.9. The van der Waals surface area contributed by atoms with Gasteiger partial charge in [-0.2, -0.15) is 0 Å². The minimum atomic E-state index is 0.0634. The van der Waals surface area contributed by atoms with Crippen LogP contribution in [0.1, 0.15) is 53.7 Å². The van der Waals surface area contributed by atoms with E-state index in [1.807, 2.05) is 18.3 Å². The fourth-order valence-electron chi connectivity index (χ4n) is 3.93. The van der Waals surface area contributed by atoms with E-state index in [1.165, 1.54) is 31.2 Å². The molecule has 4 rings (SSSR count). The lowest BCUT2D eigenvalue weighted by molar-refractivity contribution is 0.0936. The van der Waals surface area contributed by atoms with Gasteiger partial charge in [0, 0.05) is 31.9 Å². The molecule has 1 amide bonds. The molecule has 1 atom stereocenters. The molecular formula is C21H27N3O. The average Bonchev–Trinajstić information content (AvgIpc) is 3.39. The fourth-order valence-corrected chi connectivity index (χ4v) is 3.93. The topological polar surface area (TPSA) is 37.3 Å². The first kappa shape index (κ1) is 16.4. The lowest BCUT2D eigenvalue weighted by Gasteiger charge is -2.33. The number of hydrogen-bond acceptors (Lipinski definition) is 2. The predicted octanol–water partition coefficient (Wildman–Crippen LogP) is 3.43. The molecule has 2 aliphatic rings. The molecule has 132 valence electrons. The number of nitrogens with one attached hydrogen (secondary N) is 1. The summed E-state index contributed by atoms with van der Waals surface area (Å²) in [6, 6.07) is 15.3. The van der Waals surface area contributed by atoms with Gasteiger partial charge in [-0.15, -0.1) is 0 Å². The Morgan fingerprint density at radius 2 is 1.92 bits per heavy atom. The number of hydrogen-bond donors (Lipinski definition) is 1. The van der Waals surface area contributed by atoms with E-state index in [1.54, 1.807) is 0 Å². The van der Waals surface area contributed by atoms with Crippen molar-refractivity contribution >= 4 is 5.91 Å². The Labute approximate surface area is 149 Å². The third kappa shape index (κ3) is 3.96. The molecule has 1 N–H and O–H groups in total. The number of nitrogens with zero attached hydrogens (tertiary/aromatic N) is 2. The highest BCUT2D eigenvalue weighted by Gasteiger charge is 2.26. The van der Waals surface area contributed by atoms with Gasteiger partial charge in [-0.1, -0.05) is 30.3 Å². The molecule has 4 heteroatoms. The molecular weight excluding hydrogens is 310 g/mol. The summed E-state index contributed by atoms with van der Waals surface area (Å²) in [7, 11) is 0. The third-order valence-corrected chi connectivity index (χ3v) is 5.44. The van der Waals surface area contributed by atoms with Gasteiger partial charge in [0.2, 0.25) is 0 Å². The number of benzene rings is 1. The number of amides is 1. The monoisotopic (exact) mass is 337 g/mol. The summed E-state index contributed by atoms with van der Waals surface area (Å²) in [5, 5.41) is 3.11. The number of piperidine rings is 1. The highest BCUT2D eigenvalue weighted by atomic mass is 16.1. The minimum absolute atomic E-state index is 0.0634. The van der Waals surface area contributed by atoms with Crippen LogP contribution in [0, 0.1) is 0 Å². The Balaban J connectivity index is 1.27. The van der Waals surface area contributed by atoms with Crippen molar-refractivity contribution in [1.29, 1.82) is 0 Å². The first-order valence-corrected chi connectivity index (χ1v) is 9.53. The van der Waals surface area contributed by atoms with Gasteiger partial charge in [0.15, 0.2) is 0 Å². The maximum atomic E-state index is 12.4. The van der Waals surface area contributed by atoms with Crippen molar-refractivity contribution in [3.8, 4) is 0 Å². The van der Waals surface area contributed by atoms with Crippen LogP contribution in [-0.2, 0) is 0 Å². The van der Waals surface area contributed by atoms with Crippen molar-refractivity contribution in [2.24, 2.45) is 0 Å². The molecule has 1 aliphatic heterocycles. The maximum Gasteiger partial charge on any atom is 0.267 e. The van der Waals surface area contributed by atoms with Crippen LogP contribution >= 0.6 is 0 Å². The zero-order chi connectivity index (χ0) is 17.1. The molecule has 0 spiro atoms. The molecule has 1 aromatic carbocycles. The van der Waals surface area contributed by atoms with E-state index < -0.39 is 0 Å². The number of likely N-dealkylation sites (tertiary alicyclic amines) is 1. The Kier molecular flexibility index (Phi) is 4.88. The first-order chi connectivity index (χ1) is 12.3. The van der Waals surface area contributed by atoms with Gasteiger partial charge in [-0.3, -0.25) is 4.79 Å². The second-order valence-corrected chi connectivity index (χ2v) is 7.34. The van der Waals surface area contributed by atoms with E-state index in [0.717, 1.165) is 31.9 Å². The van der Waals surface area contributed by atoms with Gasteiger partial charge in [-0.05, 0) is 55.8 Å². The Morgan fingerprint density at radius 3 is 2.72 bits per heavy atom. The van der Waals surface area contributed by atoms with Gasteiger partial charge in [0.1, 0.15) is 5.69 Å². The van der Waals surface area contributed by atoms with Crippen LogP contribution in [0.2, 0.25) is 0 Å². The van der Waals surface area contributed by atoms with E-state index >= 15 is 0 Å². The van der Waals surface area contributed by atoms with E-state index in [0.29, 0.717) is 12.0 Å². The van der Waals surface area contributed by atoms with Crippen molar-refractivity contribution < 1.29 is 4.79 Å². The molecule has 1 saturated carbocycles. The number of carbonyl (C=O) groups excluding carboxylic acids is 1. The highest BCUT2D eigenvalue weighted by molar-refractivity contribution is 5.92. The molecule has 25 heavy (non-hydrogen) atoms. The zero-order valence-corrected chi connectivity index (χ0v) is 14.7. The Morgan fingerprint density at radius 1 is 1.08 bits per heavy atom. The van der Waals surface area contributed by atoms with E-state index in [-0.39, 0.29) is 5.91 Å². The number of rotatable bonds is 6. The zero-order valence-electron chi connectivity index (χ0n) is 14.7. The van der Waals surface area contributed by atoms with Gasteiger partial charge < -0.3 is 14.8 Å². The van der Waals surface area contributed by atoms with E-state index in [4.69, 9.17) is 0 Å². The second kappa shape index (κ2) is 7.44. The summed E-state index contributed by atoms with van der Waals surface area (Å²) >= 11 is 0. The maximum absolute atomic E-state index is 12.4. The van der Waals surface area contributed by atoms with Crippen LogP contribution in [0.3, 0.4) is 0 Å². The Hall–Kier alpha value is -2.07. The summed E-state index contributed by atoms with van der Waals surface area (Å²) in [5.41, 5.74) is 2.25. The summed E-state index contributed by atoms with van der Waals surface area (Å²) in [6.45, 7) is 3.88. The van der Waals surface area contributed by atoms with Crippen molar-refractivity contribution in [3.05, 3.63) is 59.9 Å². The van der Waals surface area contributed by atoms with Crippen molar-refractivity contribution in [1.82, 2.24) is 14.8 Å². The lowest BCUT2D eigenvalue weighted by Crippen LogP contribution is -2.40. The quantitative estimate of drug-likeness (QED) is 0.877. The average molecular weight is 337 g/mol. The third-order valence-electron chi connectivity index (χ3n) is 5.44. The largest absolute Gasteiger partial charge is 0.349 e. The summed E-state index contributed by atoms with van der Waals surface area (Å²) in [5.74, 6) is 0.686. The van der Waals surface area contributed by atoms with Crippen molar-refractivity contribution in [2.45, 2.75) is 37.6 Å². The standard InChI is InChI=1S/C21H27N3O/c25-21(20-9-5-14-24(20)19-10-11-19)22-12-15-23-13-4-8-18(16-23)17-6-2-1-3-7-17/h1-3,5-7,9,14,18-19H,4,8,10-13,15-16H2,(H,22,25)/t18-/m0/s1. The fraction of sp³-hybridized carbons (Fsp3) is 0.476. The van der Waals surface area contributed by atoms with Gasteiger partial charge in [-0.25, -0.2) is 0 Å². The van der Waals surface area contributed by atoms with Crippen LogP contribution in [0.15, 0.2) is 48.7 Å². The molecule has 0 unspecified atom stereocenters. The predicted molar refractivity (Wildman–Crippen MR) is 99.9 cm³/mol. The first-order valence-electron chi connectivity index (χ1n) is 9.53. The molecule has 2 heterocycles. The molecule has 4 nitrogen and oxygen atoms in total. The smallest absolute Gasteiger partial charge is 0.267 e. The molecule has 0 radical (unpaired) electrons. The van der Waals surface area contributed by atoms with Gasteiger partial charge in [0.05, 0.1) is 0 Å². The molecule has 2 fully saturated rings. The van der Waals surface area contributed by atoms with Crippen molar-refractivity contribution in [3.63, 3.8) is 0 Å². The van der Waals surface area contributed by atoms with Crippen molar-refractivity contribution in [2.75, 3.05) is 26.2 Å². The van der Waals surface area contributed by atoms with Gasteiger partial charge in [0.25, 0.3) is 5.91 Å². The highest BCUT2D eigenvalue weighted by Crippen LogP contribution is 2.36. The second-order valence-electron chi connectivity index (χ2n) is 7.34. The normalized spacial score (nSPS) is 21.2.